The van der Waals surface area contributed by atoms with Gasteiger partial charge in [-0.15, -0.1) is 0 Å². The van der Waals surface area contributed by atoms with Crippen molar-refractivity contribution in [1.29, 1.82) is 0 Å². The fraction of sp³-hybridized carbons (Fsp3) is 0.250. The maximum atomic E-state index is 2.35. The predicted molar refractivity (Wildman–Crippen MR) is 108 cm³/mol. The van der Waals surface area contributed by atoms with E-state index in [1.54, 1.807) is 0 Å². The number of rotatable bonds is 2. The Hall–Kier alpha value is -2.34. The Morgan fingerprint density at radius 1 is 0.833 bits per heavy atom. The van der Waals surface area contributed by atoms with Gasteiger partial charge >= 0.3 is 0 Å². The van der Waals surface area contributed by atoms with E-state index in [0.717, 1.165) is 6.42 Å². The van der Waals surface area contributed by atoms with Gasteiger partial charge in [0.25, 0.3) is 0 Å². The fourth-order valence-electron chi connectivity index (χ4n) is 3.11. The van der Waals surface area contributed by atoms with Gasteiger partial charge in [-0.1, -0.05) is 86.2 Å². The zero-order valence-electron chi connectivity index (χ0n) is 15.6. The van der Waals surface area contributed by atoms with Gasteiger partial charge in [0.15, 0.2) is 0 Å². The van der Waals surface area contributed by atoms with Crippen molar-refractivity contribution in [3.8, 4) is 0 Å². The van der Waals surface area contributed by atoms with E-state index in [9.17, 15) is 0 Å². The molecule has 0 heterocycles. The summed E-state index contributed by atoms with van der Waals surface area (Å²) in [6.07, 6.45) is 7.83. The average molecular weight is 316 g/mol. The van der Waals surface area contributed by atoms with Crippen LogP contribution in [0, 0.1) is 13.8 Å². The normalized spacial score (nSPS) is 13.8. The minimum absolute atomic E-state index is 0.982. The van der Waals surface area contributed by atoms with Crippen molar-refractivity contribution >= 4 is 11.1 Å². The quantitative estimate of drug-likeness (QED) is 0.552. The summed E-state index contributed by atoms with van der Waals surface area (Å²) in [4.78, 5) is 0. The Bertz CT molecular complexity index is 785. The molecule has 124 valence electrons. The van der Waals surface area contributed by atoms with Crippen LogP contribution in [-0.4, -0.2) is 0 Å². The highest BCUT2D eigenvalue weighted by Gasteiger charge is 2.15. The van der Waals surface area contributed by atoms with Crippen molar-refractivity contribution in [1.82, 2.24) is 0 Å². The van der Waals surface area contributed by atoms with Crippen molar-refractivity contribution in [3.63, 3.8) is 0 Å². The molecule has 0 radical (unpaired) electrons. The molecule has 0 aliphatic heterocycles. The first kappa shape index (κ1) is 18.0. The van der Waals surface area contributed by atoms with E-state index in [1.165, 1.54) is 39.0 Å². The highest BCUT2D eigenvalue weighted by Crippen LogP contribution is 2.37. The lowest BCUT2D eigenvalue weighted by atomic mass is 9.87. The largest absolute Gasteiger partial charge is 0.0804 e. The molecule has 0 heteroatoms. The molecule has 1 aliphatic rings. The zero-order chi connectivity index (χ0) is 17.5. The second-order valence-electron chi connectivity index (χ2n) is 6.00. The van der Waals surface area contributed by atoms with Crippen molar-refractivity contribution in [3.05, 3.63) is 94.6 Å². The molecule has 0 saturated carbocycles. The van der Waals surface area contributed by atoms with Crippen LogP contribution in [0.4, 0.5) is 0 Å². The third kappa shape index (κ3) is 3.94. The van der Waals surface area contributed by atoms with Crippen LogP contribution < -0.4 is 0 Å². The Morgan fingerprint density at radius 2 is 1.58 bits per heavy atom. The summed E-state index contributed by atoms with van der Waals surface area (Å²) in [5, 5.41) is 0. The molecule has 0 bridgehead atoms. The molecule has 0 spiro atoms. The Labute approximate surface area is 147 Å². The predicted octanol–water partition coefficient (Wildman–Crippen LogP) is 7.15. The van der Waals surface area contributed by atoms with Crippen molar-refractivity contribution < 1.29 is 0 Å². The zero-order valence-corrected chi connectivity index (χ0v) is 15.6. The van der Waals surface area contributed by atoms with Crippen molar-refractivity contribution in [2.24, 2.45) is 0 Å². The summed E-state index contributed by atoms with van der Waals surface area (Å²) in [5.41, 5.74) is 9.31. The summed E-state index contributed by atoms with van der Waals surface area (Å²) < 4.78 is 0. The maximum absolute atomic E-state index is 2.35. The molecule has 0 aromatic heterocycles. The first-order valence-corrected chi connectivity index (χ1v) is 8.88. The van der Waals surface area contributed by atoms with Gasteiger partial charge in [-0.2, -0.15) is 0 Å². The van der Waals surface area contributed by atoms with Crippen LogP contribution in [0.25, 0.3) is 11.1 Å². The number of hydrogen-bond acceptors (Lipinski definition) is 0. The molecule has 0 amide bonds. The van der Waals surface area contributed by atoms with Gasteiger partial charge in [-0.3, -0.25) is 0 Å². The fourth-order valence-corrected chi connectivity index (χ4v) is 3.11. The van der Waals surface area contributed by atoms with Gasteiger partial charge < -0.3 is 0 Å². The Balaban J connectivity index is 0.00000100. The minimum Gasteiger partial charge on any atom is -0.0804 e. The van der Waals surface area contributed by atoms with Crippen LogP contribution >= 0.6 is 0 Å². The lowest BCUT2D eigenvalue weighted by Gasteiger charge is -2.17. The second-order valence-corrected chi connectivity index (χ2v) is 6.00. The standard InChI is InChI=1S/C22H22.C2H6/c1-16-9-8-12-19(15-16)21-14-7-5-11-18(3)22(21)20-13-6-4-10-17(20)2;1-2/h4-6,8-15H,7H2,1-3H3;1-2H3. The summed E-state index contributed by atoms with van der Waals surface area (Å²) in [6.45, 7) is 10.6. The van der Waals surface area contributed by atoms with Gasteiger partial charge in [-0.05, 0) is 60.6 Å². The van der Waals surface area contributed by atoms with Gasteiger partial charge in [-0.25, -0.2) is 0 Å². The molecular weight excluding hydrogens is 288 g/mol. The minimum atomic E-state index is 0.982. The molecule has 0 unspecified atom stereocenters. The van der Waals surface area contributed by atoms with Crippen molar-refractivity contribution in [2.75, 3.05) is 0 Å². The second kappa shape index (κ2) is 8.49. The molecule has 0 atom stereocenters. The average Bonchev–Trinajstić information content (AvgIpc) is 2.79. The van der Waals surface area contributed by atoms with Crippen LogP contribution in [-0.2, 0) is 0 Å². The maximum Gasteiger partial charge on any atom is -0.00767 e. The van der Waals surface area contributed by atoms with E-state index >= 15 is 0 Å². The molecule has 0 N–H and O–H groups in total. The summed E-state index contributed by atoms with van der Waals surface area (Å²) in [5.74, 6) is 0. The molecule has 0 nitrogen and oxygen atoms in total. The number of allylic oxidation sites excluding steroid dienone is 6. The third-order valence-electron chi connectivity index (χ3n) is 4.23. The lowest BCUT2D eigenvalue weighted by Crippen LogP contribution is -1.96. The van der Waals surface area contributed by atoms with E-state index in [1.807, 2.05) is 13.8 Å². The molecular formula is C24H28. The van der Waals surface area contributed by atoms with Crippen LogP contribution in [0.15, 0.2) is 72.3 Å². The van der Waals surface area contributed by atoms with E-state index in [2.05, 4.69) is 87.5 Å². The topological polar surface area (TPSA) is 0 Å². The molecule has 24 heavy (non-hydrogen) atoms. The third-order valence-corrected chi connectivity index (χ3v) is 4.23. The van der Waals surface area contributed by atoms with Crippen LogP contribution in [0.5, 0.6) is 0 Å². The van der Waals surface area contributed by atoms with Gasteiger partial charge in [0.1, 0.15) is 0 Å². The van der Waals surface area contributed by atoms with Gasteiger partial charge in [0.2, 0.25) is 0 Å². The molecule has 0 fully saturated rings. The van der Waals surface area contributed by atoms with E-state index < -0.39 is 0 Å². The molecule has 2 aromatic rings. The first-order chi connectivity index (χ1) is 11.7. The highest BCUT2D eigenvalue weighted by molar-refractivity contribution is 6.07. The van der Waals surface area contributed by atoms with Crippen LogP contribution in [0.3, 0.4) is 0 Å². The van der Waals surface area contributed by atoms with Gasteiger partial charge in [0, 0.05) is 0 Å². The van der Waals surface area contributed by atoms with Crippen LogP contribution in [0.1, 0.15) is 49.4 Å². The molecule has 1 aliphatic carbocycles. The van der Waals surface area contributed by atoms with E-state index in [4.69, 9.17) is 0 Å². The summed E-state index contributed by atoms with van der Waals surface area (Å²) in [6, 6.07) is 17.5. The molecule has 0 saturated heterocycles. The van der Waals surface area contributed by atoms with Gasteiger partial charge in [0.05, 0.1) is 0 Å². The monoisotopic (exact) mass is 316 g/mol. The number of aryl methyl sites for hydroxylation is 2. The molecule has 3 rings (SSSR count). The highest BCUT2D eigenvalue weighted by atomic mass is 14.2. The van der Waals surface area contributed by atoms with Crippen molar-refractivity contribution in [2.45, 2.75) is 41.0 Å². The SMILES string of the molecule is CC.CC1=C(c2ccccc2C)C(c2cccc(C)c2)=CCC=C1. The van der Waals surface area contributed by atoms with Crippen LogP contribution in [0.2, 0.25) is 0 Å². The Morgan fingerprint density at radius 3 is 2.29 bits per heavy atom. The number of benzene rings is 2. The summed E-state index contributed by atoms with van der Waals surface area (Å²) >= 11 is 0. The number of hydrogen-bond donors (Lipinski definition) is 0. The molecule has 2 aromatic carbocycles. The van der Waals surface area contributed by atoms with E-state index in [-0.39, 0.29) is 0 Å². The van der Waals surface area contributed by atoms with E-state index in [0.29, 0.717) is 0 Å². The Kier molecular flexibility index (Phi) is 6.37. The lowest BCUT2D eigenvalue weighted by molar-refractivity contribution is 1.39. The smallest absolute Gasteiger partial charge is 0.00767 e. The first-order valence-electron chi connectivity index (χ1n) is 8.88. The summed E-state index contributed by atoms with van der Waals surface area (Å²) in [7, 11) is 0.